The molecule has 31 heavy (non-hydrogen) atoms. The van der Waals surface area contributed by atoms with E-state index in [4.69, 9.17) is 10.5 Å². The van der Waals surface area contributed by atoms with Crippen LogP contribution in [0.1, 0.15) is 63.1 Å². The van der Waals surface area contributed by atoms with Gasteiger partial charge in [-0.3, -0.25) is 0 Å². The minimum absolute atomic E-state index is 0.0660. The lowest BCUT2D eigenvalue weighted by molar-refractivity contribution is -0.137. The maximum absolute atomic E-state index is 13.0. The van der Waals surface area contributed by atoms with E-state index in [0.29, 0.717) is 30.3 Å². The zero-order valence-electron chi connectivity index (χ0n) is 17.5. The maximum atomic E-state index is 13.0. The van der Waals surface area contributed by atoms with Crippen LogP contribution in [0.3, 0.4) is 0 Å². The highest BCUT2D eigenvalue weighted by Gasteiger charge is 2.36. The molecule has 2 saturated carbocycles. The fraction of sp³-hybridized carbons (Fsp3) is 0.650. The number of rotatable bonds is 8. The van der Waals surface area contributed by atoms with Crippen molar-refractivity contribution in [3.8, 4) is 5.88 Å². The topological polar surface area (TPSA) is 111 Å². The van der Waals surface area contributed by atoms with Gasteiger partial charge in [0, 0.05) is 12.1 Å². The van der Waals surface area contributed by atoms with E-state index < -0.39 is 23.2 Å². The molecular weight excluding hydrogens is 413 g/mol. The Kier molecular flexibility index (Phi) is 5.48. The summed E-state index contributed by atoms with van der Waals surface area (Å²) in [5.41, 5.74) is 4.66. The summed E-state index contributed by atoms with van der Waals surface area (Å²) >= 11 is 0. The molecule has 2 aliphatic carbocycles. The van der Waals surface area contributed by atoms with Gasteiger partial charge in [0.1, 0.15) is 17.1 Å². The Balaban J connectivity index is 1.68. The average Bonchev–Trinajstić information content (AvgIpc) is 3.38. The molecule has 2 aliphatic rings. The average molecular weight is 440 g/mol. The molecule has 0 amide bonds. The van der Waals surface area contributed by atoms with Crippen LogP contribution in [0, 0.1) is 5.92 Å². The van der Waals surface area contributed by atoms with Gasteiger partial charge in [-0.2, -0.15) is 23.3 Å². The monoisotopic (exact) mass is 440 g/mol. The first-order chi connectivity index (χ1) is 14.5. The fourth-order valence-electron chi connectivity index (χ4n) is 3.49. The first-order valence-electron chi connectivity index (χ1n) is 10.4. The van der Waals surface area contributed by atoms with Gasteiger partial charge in [0.15, 0.2) is 0 Å². The van der Waals surface area contributed by atoms with Gasteiger partial charge in [0.05, 0.1) is 24.4 Å². The minimum atomic E-state index is -4.63. The molecule has 0 radical (unpaired) electrons. The van der Waals surface area contributed by atoms with Crippen LogP contribution in [0.15, 0.2) is 6.20 Å². The van der Waals surface area contributed by atoms with Crippen molar-refractivity contribution in [2.45, 2.75) is 70.2 Å². The predicted octanol–water partition coefficient (Wildman–Crippen LogP) is 3.84. The third-order valence-electron chi connectivity index (χ3n) is 5.47. The van der Waals surface area contributed by atoms with Gasteiger partial charge in [-0.1, -0.05) is 6.42 Å². The molecule has 0 atom stereocenters. The Morgan fingerprint density at radius 1 is 1.26 bits per heavy atom. The third kappa shape index (κ3) is 5.03. The molecule has 0 spiro atoms. The second-order valence-corrected chi connectivity index (χ2v) is 9.03. The van der Waals surface area contributed by atoms with Crippen molar-refractivity contribution < 1.29 is 23.0 Å². The highest BCUT2D eigenvalue weighted by Crippen LogP contribution is 2.47. The lowest BCUT2D eigenvalue weighted by Gasteiger charge is -2.26. The molecule has 2 fully saturated rings. The van der Waals surface area contributed by atoms with Crippen LogP contribution in [-0.2, 0) is 12.7 Å². The first-order valence-corrected chi connectivity index (χ1v) is 10.4. The molecule has 2 aromatic heterocycles. The van der Waals surface area contributed by atoms with E-state index in [-0.39, 0.29) is 18.4 Å². The number of nitrogens with one attached hydrogen (secondary N) is 1. The second kappa shape index (κ2) is 7.85. The van der Waals surface area contributed by atoms with E-state index in [1.165, 1.54) is 6.42 Å². The molecule has 170 valence electrons. The molecule has 4 N–H and O–H groups in total. The normalized spacial score (nSPS) is 17.5. The smallest absolute Gasteiger partial charge is 0.421 e. The Morgan fingerprint density at radius 3 is 2.48 bits per heavy atom. The summed E-state index contributed by atoms with van der Waals surface area (Å²) in [6, 6.07) is 0. The summed E-state index contributed by atoms with van der Waals surface area (Å²) in [6.45, 7) is 4.05. The van der Waals surface area contributed by atoms with Gasteiger partial charge in [-0.25, -0.2) is 9.67 Å². The SMILES string of the molecule is CC(C)(O)Cn1nc(C2CC2)c(Nc2ncc(C(F)(F)F)c(N)n2)c1OCC1CCC1. The van der Waals surface area contributed by atoms with Crippen LogP contribution in [0.25, 0.3) is 0 Å². The van der Waals surface area contributed by atoms with E-state index in [0.717, 1.165) is 31.4 Å². The van der Waals surface area contributed by atoms with E-state index in [1.807, 2.05) is 0 Å². The number of hydrogen-bond acceptors (Lipinski definition) is 7. The molecule has 0 bridgehead atoms. The largest absolute Gasteiger partial charge is 0.476 e. The minimum Gasteiger partial charge on any atom is -0.476 e. The Labute approximate surface area is 178 Å². The number of ether oxygens (including phenoxy) is 1. The van der Waals surface area contributed by atoms with Crippen molar-refractivity contribution in [3.63, 3.8) is 0 Å². The van der Waals surface area contributed by atoms with E-state index >= 15 is 0 Å². The summed E-state index contributed by atoms with van der Waals surface area (Å²) in [5, 5.41) is 18.0. The highest BCUT2D eigenvalue weighted by atomic mass is 19.4. The van der Waals surface area contributed by atoms with E-state index in [1.54, 1.807) is 18.5 Å². The second-order valence-electron chi connectivity index (χ2n) is 9.03. The Bertz CT molecular complexity index is 946. The highest BCUT2D eigenvalue weighted by molar-refractivity contribution is 5.66. The number of anilines is 3. The van der Waals surface area contributed by atoms with Crippen molar-refractivity contribution >= 4 is 17.5 Å². The number of nitrogens with two attached hydrogens (primary N) is 1. The van der Waals surface area contributed by atoms with Crippen molar-refractivity contribution in [2.24, 2.45) is 5.92 Å². The third-order valence-corrected chi connectivity index (χ3v) is 5.47. The van der Waals surface area contributed by atoms with Gasteiger partial charge < -0.3 is 20.9 Å². The molecule has 2 heterocycles. The summed E-state index contributed by atoms with van der Waals surface area (Å²) in [4.78, 5) is 7.60. The lowest BCUT2D eigenvalue weighted by Crippen LogP contribution is -2.28. The number of aromatic nitrogens is 4. The summed E-state index contributed by atoms with van der Waals surface area (Å²) in [6.07, 6.45) is 1.30. The molecule has 11 heteroatoms. The predicted molar refractivity (Wildman–Crippen MR) is 108 cm³/mol. The molecule has 2 aromatic rings. The Hall–Kier alpha value is -2.56. The number of aliphatic hydroxyl groups is 1. The summed E-state index contributed by atoms with van der Waals surface area (Å²) in [5.74, 6) is 0.379. The van der Waals surface area contributed by atoms with Crippen LogP contribution in [0.4, 0.5) is 30.6 Å². The van der Waals surface area contributed by atoms with Crippen molar-refractivity contribution in [3.05, 3.63) is 17.5 Å². The maximum Gasteiger partial charge on any atom is 0.421 e. The van der Waals surface area contributed by atoms with Gasteiger partial charge in [0.2, 0.25) is 11.8 Å². The first kappa shape index (κ1) is 21.7. The Morgan fingerprint density at radius 2 is 1.97 bits per heavy atom. The zero-order valence-corrected chi connectivity index (χ0v) is 17.5. The van der Waals surface area contributed by atoms with Gasteiger partial charge in [-0.15, -0.1) is 0 Å². The van der Waals surface area contributed by atoms with Crippen molar-refractivity contribution in [1.29, 1.82) is 0 Å². The van der Waals surface area contributed by atoms with Crippen LogP contribution in [0.5, 0.6) is 5.88 Å². The summed E-state index contributed by atoms with van der Waals surface area (Å²) in [7, 11) is 0. The van der Waals surface area contributed by atoms with Crippen molar-refractivity contribution in [1.82, 2.24) is 19.7 Å². The number of nitrogen functional groups attached to an aromatic ring is 1. The zero-order chi connectivity index (χ0) is 22.4. The number of halogens is 3. The van der Waals surface area contributed by atoms with Gasteiger partial charge in [0.25, 0.3) is 0 Å². The number of nitrogens with zero attached hydrogens (tertiary/aromatic N) is 4. The van der Waals surface area contributed by atoms with Crippen LogP contribution >= 0.6 is 0 Å². The van der Waals surface area contributed by atoms with E-state index in [2.05, 4.69) is 20.4 Å². The standard InChI is InChI=1S/C20H27F3N6O2/c1-19(2,30)10-29-17(31-9-11-4-3-5-11)15(14(28-29)12-6-7-12)26-18-25-8-13(16(24)27-18)20(21,22)23/h8,11-12,30H,3-7,9-10H2,1-2H3,(H3,24,25,26,27). The molecule has 0 unspecified atom stereocenters. The molecule has 0 aliphatic heterocycles. The van der Waals surface area contributed by atoms with Crippen LogP contribution in [0.2, 0.25) is 0 Å². The molecule has 0 saturated heterocycles. The fourth-order valence-corrected chi connectivity index (χ4v) is 3.49. The summed E-state index contributed by atoms with van der Waals surface area (Å²) < 4.78 is 46.7. The van der Waals surface area contributed by atoms with Crippen LogP contribution in [-0.4, -0.2) is 37.1 Å². The quantitative estimate of drug-likeness (QED) is 0.572. The molecule has 0 aromatic carbocycles. The van der Waals surface area contributed by atoms with Crippen molar-refractivity contribution in [2.75, 3.05) is 17.7 Å². The molecule has 4 rings (SSSR count). The molecular formula is C20H27F3N6O2. The van der Waals surface area contributed by atoms with Gasteiger partial charge >= 0.3 is 6.18 Å². The lowest BCUT2D eigenvalue weighted by atomic mass is 9.86. The van der Waals surface area contributed by atoms with E-state index in [9.17, 15) is 18.3 Å². The number of hydrogen-bond donors (Lipinski definition) is 3. The van der Waals surface area contributed by atoms with Crippen LogP contribution < -0.4 is 15.8 Å². The molecule has 8 nitrogen and oxygen atoms in total. The number of alkyl halides is 3. The van der Waals surface area contributed by atoms with Gasteiger partial charge in [-0.05, 0) is 45.4 Å².